The average molecular weight is 253 g/mol. The van der Waals surface area contributed by atoms with Crippen LogP contribution in [0.3, 0.4) is 0 Å². The van der Waals surface area contributed by atoms with Crippen molar-refractivity contribution in [3.8, 4) is 0 Å². The number of rotatable bonds is 7. The summed E-state index contributed by atoms with van der Waals surface area (Å²) in [5, 5.41) is 12.1. The maximum atomic E-state index is 10.7. The van der Waals surface area contributed by atoms with Gasteiger partial charge in [-0.3, -0.25) is 0 Å². The molecule has 0 saturated carbocycles. The molecule has 1 aromatic rings. The molecule has 0 aliphatic rings. The molecule has 0 atom stereocenters. The number of hydrogen-bond acceptors (Lipinski definition) is 3. The molecule has 94 valence electrons. The van der Waals surface area contributed by atoms with Crippen molar-refractivity contribution in [3.63, 3.8) is 0 Å². The van der Waals surface area contributed by atoms with Gasteiger partial charge in [-0.1, -0.05) is 19.9 Å². The van der Waals surface area contributed by atoms with Gasteiger partial charge in [-0.2, -0.15) is 0 Å². The molecule has 17 heavy (non-hydrogen) atoms. The largest absolute Gasteiger partial charge is 0.478 e. The molecule has 2 N–H and O–H groups in total. The van der Waals surface area contributed by atoms with Gasteiger partial charge in [0.1, 0.15) is 0 Å². The van der Waals surface area contributed by atoms with Gasteiger partial charge in [0, 0.05) is 28.4 Å². The molecule has 0 aromatic carbocycles. The Balaban J connectivity index is 2.35. The third kappa shape index (κ3) is 4.71. The molecule has 1 aromatic heterocycles. The lowest BCUT2D eigenvalue weighted by Gasteiger charge is -2.00. The Hall–Kier alpha value is -1.13. The van der Waals surface area contributed by atoms with Crippen molar-refractivity contribution in [1.29, 1.82) is 0 Å². The van der Waals surface area contributed by atoms with E-state index in [2.05, 4.69) is 24.4 Å². The molecular weight excluding hydrogens is 234 g/mol. The maximum absolute atomic E-state index is 10.7. The summed E-state index contributed by atoms with van der Waals surface area (Å²) >= 11 is 1.80. The normalized spacial score (nSPS) is 11.8. The van der Waals surface area contributed by atoms with E-state index < -0.39 is 5.97 Å². The molecule has 0 aliphatic heterocycles. The van der Waals surface area contributed by atoms with E-state index in [-0.39, 0.29) is 0 Å². The van der Waals surface area contributed by atoms with Gasteiger partial charge in [0.2, 0.25) is 0 Å². The van der Waals surface area contributed by atoms with E-state index >= 15 is 0 Å². The second-order valence-electron chi connectivity index (χ2n) is 3.74. The lowest BCUT2D eigenvalue weighted by Crippen LogP contribution is -2.13. The predicted octanol–water partition coefficient (Wildman–Crippen LogP) is 2.82. The highest BCUT2D eigenvalue weighted by Gasteiger charge is 2.02. The van der Waals surface area contributed by atoms with Crippen molar-refractivity contribution in [2.24, 2.45) is 0 Å². The Morgan fingerprint density at radius 3 is 2.65 bits per heavy atom. The highest BCUT2D eigenvalue weighted by atomic mass is 32.1. The zero-order valence-corrected chi connectivity index (χ0v) is 11.1. The summed E-state index contributed by atoms with van der Waals surface area (Å²) in [4.78, 5) is 13.4. The fourth-order valence-corrected chi connectivity index (χ4v) is 2.41. The Labute approximate surface area is 106 Å². The van der Waals surface area contributed by atoms with Crippen LogP contribution in [0.2, 0.25) is 0 Å². The van der Waals surface area contributed by atoms with Crippen molar-refractivity contribution in [1.82, 2.24) is 5.32 Å². The molecule has 0 saturated heterocycles. The molecule has 4 heteroatoms. The van der Waals surface area contributed by atoms with E-state index in [1.165, 1.54) is 9.75 Å². The van der Waals surface area contributed by atoms with Crippen LogP contribution < -0.4 is 5.32 Å². The fraction of sp³-hybridized carbons (Fsp3) is 0.462. The molecule has 0 radical (unpaired) electrons. The Morgan fingerprint density at radius 2 is 2.12 bits per heavy atom. The number of carbonyl (C=O) groups is 1. The zero-order chi connectivity index (χ0) is 12.7. The first-order chi connectivity index (χ1) is 8.17. The van der Waals surface area contributed by atoms with Gasteiger partial charge in [0.25, 0.3) is 0 Å². The monoisotopic (exact) mass is 253 g/mol. The van der Waals surface area contributed by atoms with Crippen LogP contribution in [0.25, 0.3) is 0 Å². The first kappa shape index (κ1) is 13.9. The van der Waals surface area contributed by atoms with Crippen molar-refractivity contribution < 1.29 is 9.90 Å². The summed E-state index contributed by atoms with van der Waals surface area (Å²) in [6, 6.07) is 4.27. The van der Waals surface area contributed by atoms with Crippen LogP contribution in [0, 0.1) is 0 Å². The lowest BCUT2D eigenvalue weighted by molar-refractivity contribution is -0.132. The molecule has 0 unspecified atom stereocenters. The molecule has 0 amide bonds. The van der Waals surface area contributed by atoms with E-state index in [0.29, 0.717) is 18.5 Å². The van der Waals surface area contributed by atoms with Crippen LogP contribution >= 0.6 is 11.3 Å². The van der Waals surface area contributed by atoms with E-state index in [4.69, 9.17) is 5.11 Å². The van der Waals surface area contributed by atoms with E-state index in [1.54, 1.807) is 17.4 Å². The van der Waals surface area contributed by atoms with Gasteiger partial charge in [-0.05, 0) is 25.0 Å². The highest BCUT2D eigenvalue weighted by molar-refractivity contribution is 7.11. The number of aliphatic carboxylic acids is 1. The SMILES string of the molecule is CC/C(=C/CNCc1ccc(CC)s1)C(=O)O. The van der Waals surface area contributed by atoms with Crippen LogP contribution in [0.15, 0.2) is 23.8 Å². The first-order valence-electron chi connectivity index (χ1n) is 5.88. The summed E-state index contributed by atoms with van der Waals surface area (Å²) in [5.74, 6) is -0.821. The van der Waals surface area contributed by atoms with Gasteiger partial charge in [0.05, 0.1) is 0 Å². The van der Waals surface area contributed by atoms with Crippen molar-refractivity contribution in [3.05, 3.63) is 33.5 Å². The van der Waals surface area contributed by atoms with Gasteiger partial charge in [-0.25, -0.2) is 4.79 Å². The second-order valence-corrected chi connectivity index (χ2v) is 4.99. The molecule has 0 bridgehead atoms. The Morgan fingerprint density at radius 1 is 1.41 bits per heavy atom. The van der Waals surface area contributed by atoms with E-state index in [1.807, 2.05) is 6.92 Å². The van der Waals surface area contributed by atoms with Gasteiger partial charge in [-0.15, -0.1) is 11.3 Å². The molecule has 0 spiro atoms. The second kappa shape index (κ2) is 7.25. The van der Waals surface area contributed by atoms with E-state index in [9.17, 15) is 4.79 Å². The van der Waals surface area contributed by atoms with Crippen LogP contribution in [0.4, 0.5) is 0 Å². The summed E-state index contributed by atoms with van der Waals surface area (Å²) in [6.45, 7) is 5.41. The van der Waals surface area contributed by atoms with Crippen LogP contribution in [-0.2, 0) is 17.8 Å². The standard InChI is InChI=1S/C13H19NO2S/c1-3-10(13(15)16)7-8-14-9-12-6-5-11(4-2)17-12/h5-7,14H,3-4,8-9H2,1-2H3,(H,15,16)/b10-7-. The highest BCUT2D eigenvalue weighted by Crippen LogP contribution is 2.16. The summed E-state index contributed by atoms with van der Waals surface area (Å²) < 4.78 is 0. The fourth-order valence-electron chi connectivity index (χ4n) is 1.48. The van der Waals surface area contributed by atoms with Crippen LogP contribution in [0.1, 0.15) is 30.0 Å². The van der Waals surface area contributed by atoms with Gasteiger partial charge < -0.3 is 10.4 Å². The number of hydrogen-bond donors (Lipinski definition) is 2. The van der Waals surface area contributed by atoms with Crippen molar-refractivity contribution >= 4 is 17.3 Å². The average Bonchev–Trinajstić information content (AvgIpc) is 2.76. The number of aryl methyl sites for hydroxylation is 1. The van der Waals surface area contributed by atoms with Crippen molar-refractivity contribution in [2.45, 2.75) is 33.2 Å². The zero-order valence-electron chi connectivity index (χ0n) is 10.3. The molecule has 1 heterocycles. The minimum Gasteiger partial charge on any atom is -0.478 e. The molecule has 0 fully saturated rings. The quantitative estimate of drug-likeness (QED) is 0.580. The number of carboxylic acids is 1. The number of nitrogens with one attached hydrogen (secondary N) is 1. The minimum absolute atomic E-state index is 0.470. The smallest absolute Gasteiger partial charge is 0.331 e. The third-order valence-corrected chi connectivity index (χ3v) is 3.74. The van der Waals surface area contributed by atoms with Gasteiger partial charge in [0.15, 0.2) is 0 Å². The first-order valence-corrected chi connectivity index (χ1v) is 6.69. The number of thiophene rings is 1. The topological polar surface area (TPSA) is 49.3 Å². The molecule has 3 nitrogen and oxygen atoms in total. The van der Waals surface area contributed by atoms with Crippen molar-refractivity contribution in [2.75, 3.05) is 6.54 Å². The van der Waals surface area contributed by atoms with Gasteiger partial charge >= 0.3 is 5.97 Å². The molecule has 1 rings (SSSR count). The maximum Gasteiger partial charge on any atom is 0.331 e. The summed E-state index contributed by atoms with van der Waals surface area (Å²) in [6.07, 6.45) is 3.39. The van der Waals surface area contributed by atoms with E-state index in [0.717, 1.165) is 13.0 Å². The summed E-state index contributed by atoms with van der Waals surface area (Å²) in [7, 11) is 0. The minimum atomic E-state index is -0.821. The summed E-state index contributed by atoms with van der Waals surface area (Å²) in [5.41, 5.74) is 0.470. The Kier molecular flexibility index (Phi) is 5.94. The van der Waals surface area contributed by atoms with Crippen LogP contribution in [-0.4, -0.2) is 17.6 Å². The predicted molar refractivity (Wildman–Crippen MR) is 71.4 cm³/mol. The molecule has 0 aliphatic carbocycles. The molecular formula is C13H19NO2S. The lowest BCUT2D eigenvalue weighted by atomic mass is 10.2. The Bertz CT molecular complexity index is 396. The number of carboxylic acid groups (broad SMARTS) is 1. The van der Waals surface area contributed by atoms with Crippen LogP contribution in [0.5, 0.6) is 0 Å². The third-order valence-electron chi connectivity index (χ3n) is 2.51.